The fourth-order valence-corrected chi connectivity index (χ4v) is 3.15. The molecule has 0 aliphatic rings. The smallest absolute Gasteiger partial charge is 0.127 e. The van der Waals surface area contributed by atoms with Crippen molar-refractivity contribution in [1.82, 2.24) is 9.78 Å². The van der Waals surface area contributed by atoms with E-state index in [4.69, 9.17) is 21.4 Å². The van der Waals surface area contributed by atoms with Gasteiger partial charge in [0.1, 0.15) is 5.75 Å². The van der Waals surface area contributed by atoms with Gasteiger partial charge in [-0.1, -0.05) is 35.9 Å². The second-order valence-corrected chi connectivity index (χ2v) is 5.93. The number of aryl methyl sites for hydroxylation is 1. The molecule has 0 saturated carbocycles. The van der Waals surface area contributed by atoms with Crippen LogP contribution in [0.5, 0.6) is 5.75 Å². The lowest BCUT2D eigenvalue weighted by molar-refractivity contribution is 0.420. The summed E-state index contributed by atoms with van der Waals surface area (Å²) in [6.07, 6.45) is 0. The predicted octanol–water partition coefficient (Wildman–Crippen LogP) is 5.15. The van der Waals surface area contributed by atoms with Gasteiger partial charge >= 0.3 is 0 Å². The molecule has 0 N–H and O–H groups in total. The number of benzene rings is 3. The third-order valence-electron chi connectivity index (χ3n) is 4.12. The molecule has 23 heavy (non-hydrogen) atoms. The van der Waals surface area contributed by atoms with Gasteiger partial charge in [-0.3, -0.25) is 0 Å². The van der Waals surface area contributed by atoms with Crippen molar-refractivity contribution in [2.75, 3.05) is 7.11 Å². The van der Waals surface area contributed by atoms with Gasteiger partial charge in [0, 0.05) is 21.2 Å². The summed E-state index contributed by atoms with van der Waals surface area (Å²) >= 11 is 6.01. The fourth-order valence-electron chi connectivity index (χ4n) is 3.02. The van der Waals surface area contributed by atoms with Gasteiger partial charge in [0.15, 0.2) is 0 Å². The fraction of sp³-hybridized carbons (Fsp3) is 0.105. The standard InChI is InChI=1S/C19H15ClN2O/c1-12-17-11-18(23-2)15-5-3-4-6-16(15)19(17)22(21-12)14-9-7-13(20)8-10-14/h3-11H,1-2H3. The zero-order valence-electron chi connectivity index (χ0n) is 12.9. The van der Waals surface area contributed by atoms with Crippen LogP contribution in [0, 0.1) is 6.92 Å². The molecule has 0 radical (unpaired) electrons. The Kier molecular flexibility index (Phi) is 3.24. The van der Waals surface area contributed by atoms with Gasteiger partial charge in [0.25, 0.3) is 0 Å². The summed E-state index contributed by atoms with van der Waals surface area (Å²) in [6, 6.07) is 18.0. The molecule has 4 heteroatoms. The number of rotatable bonds is 2. The lowest BCUT2D eigenvalue weighted by Gasteiger charge is -2.09. The summed E-state index contributed by atoms with van der Waals surface area (Å²) in [5.74, 6) is 0.867. The Labute approximate surface area is 139 Å². The molecule has 1 heterocycles. The van der Waals surface area contributed by atoms with E-state index in [-0.39, 0.29) is 0 Å². The first-order valence-electron chi connectivity index (χ1n) is 7.40. The molecule has 1 aromatic heterocycles. The summed E-state index contributed by atoms with van der Waals surface area (Å²) < 4.78 is 7.54. The number of ether oxygens (including phenoxy) is 1. The van der Waals surface area contributed by atoms with Crippen molar-refractivity contribution in [3.05, 3.63) is 65.3 Å². The second kappa shape index (κ2) is 5.28. The summed E-state index contributed by atoms with van der Waals surface area (Å²) in [7, 11) is 1.70. The molecule has 0 spiro atoms. The summed E-state index contributed by atoms with van der Waals surface area (Å²) in [5, 5.41) is 8.75. The third-order valence-corrected chi connectivity index (χ3v) is 4.37. The van der Waals surface area contributed by atoms with Gasteiger partial charge in [0.2, 0.25) is 0 Å². The number of fused-ring (bicyclic) bond motifs is 3. The quantitative estimate of drug-likeness (QED) is 0.510. The van der Waals surface area contributed by atoms with Crippen molar-refractivity contribution in [3.8, 4) is 11.4 Å². The molecule has 0 aliphatic carbocycles. The van der Waals surface area contributed by atoms with Crippen molar-refractivity contribution >= 4 is 33.3 Å². The minimum absolute atomic E-state index is 0.716. The molecule has 0 atom stereocenters. The Morgan fingerprint density at radius 1 is 0.957 bits per heavy atom. The van der Waals surface area contributed by atoms with E-state index in [9.17, 15) is 0 Å². The van der Waals surface area contributed by atoms with Gasteiger partial charge in [0.05, 0.1) is 24.0 Å². The highest BCUT2D eigenvalue weighted by atomic mass is 35.5. The second-order valence-electron chi connectivity index (χ2n) is 5.49. The van der Waals surface area contributed by atoms with Gasteiger partial charge in [-0.25, -0.2) is 4.68 Å². The summed E-state index contributed by atoms with van der Waals surface area (Å²) in [6.45, 7) is 2.02. The van der Waals surface area contributed by atoms with Crippen LogP contribution >= 0.6 is 11.6 Å². The van der Waals surface area contributed by atoms with E-state index in [1.54, 1.807) is 7.11 Å². The lowest BCUT2D eigenvalue weighted by atomic mass is 10.0. The predicted molar refractivity (Wildman–Crippen MR) is 94.9 cm³/mol. The van der Waals surface area contributed by atoms with Crippen molar-refractivity contribution in [3.63, 3.8) is 0 Å². The average molecular weight is 323 g/mol. The van der Waals surface area contributed by atoms with Crippen LogP contribution in [0.25, 0.3) is 27.4 Å². The van der Waals surface area contributed by atoms with Crippen molar-refractivity contribution < 1.29 is 4.74 Å². The highest BCUT2D eigenvalue weighted by Crippen LogP contribution is 2.35. The number of hydrogen-bond acceptors (Lipinski definition) is 2. The van der Waals surface area contributed by atoms with Crippen molar-refractivity contribution in [2.45, 2.75) is 6.92 Å². The van der Waals surface area contributed by atoms with E-state index in [1.165, 1.54) is 0 Å². The molecule has 114 valence electrons. The van der Waals surface area contributed by atoms with Crippen LogP contribution in [-0.2, 0) is 0 Å². The minimum Gasteiger partial charge on any atom is -0.496 e. The molecule has 3 aromatic carbocycles. The molecule has 0 unspecified atom stereocenters. The Bertz CT molecular complexity index is 1020. The molecule has 0 fully saturated rings. The zero-order chi connectivity index (χ0) is 16.0. The maximum Gasteiger partial charge on any atom is 0.127 e. The Balaban J connectivity index is 2.14. The number of nitrogens with zero attached hydrogens (tertiary/aromatic N) is 2. The first kappa shape index (κ1) is 14.1. The van der Waals surface area contributed by atoms with Crippen molar-refractivity contribution in [2.24, 2.45) is 0 Å². The molecule has 3 nitrogen and oxygen atoms in total. The lowest BCUT2D eigenvalue weighted by Crippen LogP contribution is -1.97. The first-order chi connectivity index (χ1) is 11.2. The van der Waals surface area contributed by atoms with Crippen molar-refractivity contribution in [1.29, 1.82) is 0 Å². The highest BCUT2D eigenvalue weighted by molar-refractivity contribution is 6.30. The zero-order valence-corrected chi connectivity index (χ0v) is 13.6. The molecule has 0 amide bonds. The van der Waals surface area contributed by atoms with Crippen LogP contribution in [0.3, 0.4) is 0 Å². The molecule has 0 aliphatic heterocycles. The van der Waals surface area contributed by atoms with Crippen LogP contribution in [0.4, 0.5) is 0 Å². The van der Waals surface area contributed by atoms with Crippen LogP contribution in [-0.4, -0.2) is 16.9 Å². The highest BCUT2D eigenvalue weighted by Gasteiger charge is 2.15. The number of methoxy groups -OCH3 is 1. The monoisotopic (exact) mass is 322 g/mol. The van der Waals surface area contributed by atoms with Gasteiger partial charge < -0.3 is 4.74 Å². The Hall–Kier alpha value is -2.52. The Morgan fingerprint density at radius 2 is 1.65 bits per heavy atom. The molecule has 0 saturated heterocycles. The van der Waals surface area contributed by atoms with E-state index in [1.807, 2.05) is 48.0 Å². The van der Waals surface area contributed by atoms with Gasteiger partial charge in [-0.05, 0) is 37.3 Å². The summed E-state index contributed by atoms with van der Waals surface area (Å²) in [5.41, 5.74) is 3.04. The minimum atomic E-state index is 0.716. The topological polar surface area (TPSA) is 27.1 Å². The van der Waals surface area contributed by atoms with Crippen LogP contribution in [0.15, 0.2) is 54.6 Å². The normalized spacial score (nSPS) is 11.3. The van der Waals surface area contributed by atoms with Gasteiger partial charge in [-0.15, -0.1) is 0 Å². The molecule has 0 bridgehead atoms. The molecule has 4 rings (SSSR count). The summed E-state index contributed by atoms with van der Waals surface area (Å²) in [4.78, 5) is 0. The molecule has 4 aromatic rings. The average Bonchev–Trinajstić information content (AvgIpc) is 2.92. The first-order valence-corrected chi connectivity index (χ1v) is 7.78. The van der Waals surface area contributed by atoms with Crippen LogP contribution < -0.4 is 4.74 Å². The van der Waals surface area contributed by atoms with E-state index in [2.05, 4.69) is 18.2 Å². The van der Waals surface area contributed by atoms with E-state index >= 15 is 0 Å². The molecular formula is C19H15ClN2O. The number of hydrogen-bond donors (Lipinski definition) is 0. The molecular weight excluding hydrogens is 308 g/mol. The van der Waals surface area contributed by atoms with Crippen LogP contribution in [0.2, 0.25) is 5.02 Å². The van der Waals surface area contributed by atoms with Crippen LogP contribution in [0.1, 0.15) is 5.69 Å². The largest absolute Gasteiger partial charge is 0.496 e. The van der Waals surface area contributed by atoms with E-state index in [0.29, 0.717) is 5.02 Å². The third kappa shape index (κ3) is 2.16. The SMILES string of the molecule is COc1cc2c(C)nn(-c3ccc(Cl)cc3)c2c2ccccc12. The Morgan fingerprint density at radius 3 is 2.35 bits per heavy atom. The maximum atomic E-state index is 6.01. The van der Waals surface area contributed by atoms with E-state index in [0.717, 1.165) is 38.8 Å². The van der Waals surface area contributed by atoms with Gasteiger partial charge in [-0.2, -0.15) is 5.10 Å². The van der Waals surface area contributed by atoms with E-state index < -0.39 is 0 Å². The number of halogens is 1. The maximum absolute atomic E-state index is 6.01. The number of aromatic nitrogens is 2.